The van der Waals surface area contributed by atoms with Gasteiger partial charge in [-0.1, -0.05) is 0 Å². The first kappa shape index (κ1) is 20.7. The van der Waals surface area contributed by atoms with Crippen molar-refractivity contribution >= 4 is 22.7 Å². The second-order valence-electron chi connectivity index (χ2n) is 8.05. The fourth-order valence-corrected chi connectivity index (χ4v) is 4.43. The molecule has 2 aromatic rings. The fourth-order valence-electron chi connectivity index (χ4n) is 4.43. The Morgan fingerprint density at radius 1 is 1.17 bits per heavy atom. The van der Waals surface area contributed by atoms with Crippen molar-refractivity contribution in [1.82, 2.24) is 14.8 Å². The van der Waals surface area contributed by atoms with Gasteiger partial charge in [0.25, 0.3) is 5.91 Å². The van der Waals surface area contributed by atoms with E-state index in [4.69, 9.17) is 10.5 Å². The number of piperidine rings is 1. The lowest BCUT2D eigenvalue weighted by atomic mass is 9.89. The van der Waals surface area contributed by atoms with E-state index in [0.29, 0.717) is 61.3 Å². The van der Waals surface area contributed by atoms with Gasteiger partial charge >= 0.3 is 0 Å². The van der Waals surface area contributed by atoms with Crippen molar-refractivity contribution in [3.05, 3.63) is 41.3 Å². The van der Waals surface area contributed by atoms with Crippen LogP contribution in [0.3, 0.4) is 0 Å². The lowest BCUT2D eigenvalue weighted by Gasteiger charge is -2.37. The summed E-state index contributed by atoms with van der Waals surface area (Å²) < 4.78 is 18.9. The maximum atomic E-state index is 13.6. The number of rotatable bonds is 4. The smallest absolute Gasteiger partial charge is 0.250 e. The average molecular weight is 414 g/mol. The molecule has 2 amide bonds. The number of carbonyl (C=O) groups is 2. The predicted octanol–water partition coefficient (Wildman–Crippen LogP) is 1.90. The van der Waals surface area contributed by atoms with Crippen molar-refractivity contribution in [2.24, 2.45) is 5.73 Å². The van der Waals surface area contributed by atoms with Gasteiger partial charge < -0.3 is 15.4 Å². The first-order valence-electron chi connectivity index (χ1n) is 10.4. The van der Waals surface area contributed by atoms with E-state index < -0.39 is 5.91 Å². The van der Waals surface area contributed by atoms with Gasteiger partial charge in [-0.2, -0.15) is 0 Å². The molecule has 0 bridgehead atoms. The Bertz CT molecular complexity index is 953. The highest BCUT2D eigenvalue weighted by Gasteiger charge is 2.32. The predicted molar refractivity (Wildman–Crippen MR) is 111 cm³/mol. The van der Waals surface area contributed by atoms with E-state index in [1.54, 1.807) is 12.1 Å². The van der Waals surface area contributed by atoms with Crippen LogP contribution in [0.15, 0.2) is 24.3 Å². The van der Waals surface area contributed by atoms with E-state index in [1.807, 2.05) is 11.8 Å². The molecule has 3 heterocycles. The minimum absolute atomic E-state index is 0.0321. The molecule has 2 aliphatic rings. The number of nitrogens with two attached hydrogens (primary N) is 1. The Labute approximate surface area is 175 Å². The van der Waals surface area contributed by atoms with Gasteiger partial charge in [0.05, 0.1) is 36.0 Å². The van der Waals surface area contributed by atoms with E-state index in [0.717, 1.165) is 13.1 Å². The first-order chi connectivity index (χ1) is 14.4. The van der Waals surface area contributed by atoms with Crippen LogP contribution in [0.2, 0.25) is 0 Å². The summed E-state index contributed by atoms with van der Waals surface area (Å²) in [6, 6.07) is 5.78. The number of primary amides is 1. The average Bonchev–Trinajstić information content (AvgIpc) is 2.77. The normalized spacial score (nSPS) is 19.7. The standard InChI is InChI=1S/C22H27FN4O3/c1-14(26-8-10-30-11-9-26)22(29)27-6-4-15(5-7-27)20-18(21(24)28)13-16-12-17(23)2-3-19(16)25-20/h2-3,12-15H,4-11H2,1H3,(H2,24,28). The number of morpholine rings is 1. The quantitative estimate of drug-likeness (QED) is 0.826. The third kappa shape index (κ3) is 4.15. The molecule has 4 rings (SSSR count). The van der Waals surface area contributed by atoms with E-state index >= 15 is 0 Å². The Balaban J connectivity index is 1.49. The van der Waals surface area contributed by atoms with Gasteiger partial charge in [0.15, 0.2) is 0 Å². The molecular formula is C22H27FN4O3. The number of ether oxygens (including phenoxy) is 1. The molecule has 7 nitrogen and oxygen atoms in total. The summed E-state index contributed by atoms with van der Waals surface area (Å²) in [5.74, 6) is -0.783. The summed E-state index contributed by atoms with van der Waals surface area (Å²) in [5, 5.41) is 0.555. The summed E-state index contributed by atoms with van der Waals surface area (Å²) in [6.45, 7) is 6.04. The van der Waals surface area contributed by atoms with Gasteiger partial charge in [-0.3, -0.25) is 19.5 Å². The maximum Gasteiger partial charge on any atom is 0.250 e. The molecule has 0 spiro atoms. The first-order valence-corrected chi connectivity index (χ1v) is 10.4. The number of hydrogen-bond donors (Lipinski definition) is 1. The van der Waals surface area contributed by atoms with Crippen molar-refractivity contribution in [3.8, 4) is 0 Å². The van der Waals surface area contributed by atoms with Gasteiger partial charge in [0.2, 0.25) is 5.91 Å². The highest BCUT2D eigenvalue weighted by Crippen LogP contribution is 2.31. The van der Waals surface area contributed by atoms with Gasteiger partial charge in [-0.25, -0.2) is 4.39 Å². The number of aromatic nitrogens is 1. The maximum absolute atomic E-state index is 13.6. The topological polar surface area (TPSA) is 88.8 Å². The number of amides is 2. The SMILES string of the molecule is CC(C(=O)N1CCC(c2nc3ccc(F)cc3cc2C(N)=O)CC1)N1CCOCC1. The third-order valence-electron chi connectivity index (χ3n) is 6.22. The number of pyridine rings is 1. The molecule has 2 N–H and O–H groups in total. The molecule has 2 aliphatic heterocycles. The number of carbonyl (C=O) groups excluding carboxylic acids is 2. The number of halogens is 1. The summed E-state index contributed by atoms with van der Waals surface area (Å²) in [4.78, 5) is 33.7. The zero-order valence-corrected chi connectivity index (χ0v) is 17.1. The zero-order valence-electron chi connectivity index (χ0n) is 17.1. The molecular weight excluding hydrogens is 387 g/mol. The Morgan fingerprint density at radius 2 is 1.87 bits per heavy atom. The van der Waals surface area contributed by atoms with Crippen molar-refractivity contribution in [2.45, 2.75) is 31.7 Å². The van der Waals surface area contributed by atoms with Crippen LogP contribution in [-0.2, 0) is 9.53 Å². The minimum Gasteiger partial charge on any atom is -0.379 e. The lowest BCUT2D eigenvalue weighted by Crippen LogP contribution is -2.52. The lowest BCUT2D eigenvalue weighted by molar-refractivity contribution is -0.139. The molecule has 160 valence electrons. The molecule has 2 saturated heterocycles. The van der Waals surface area contributed by atoms with Crippen molar-refractivity contribution < 1.29 is 18.7 Å². The second kappa shape index (κ2) is 8.65. The summed E-state index contributed by atoms with van der Waals surface area (Å²) in [5.41, 5.74) is 7.21. The molecule has 2 fully saturated rings. The van der Waals surface area contributed by atoms with E-state index in [2.05, 4.69) is 9.88 Å². The zero-order chi connectivity index (χ0) is 21.3. The summed E-state index contributed by atoms with van der Waals surface area (Å²) >= 11 is 0. The summed E-state index contributed by atoms with van der Waals surface area (Å²) in [7, 11) is 0. The molecule has 0 aliphatic carbocycles. The molecule has 1 aromatic carbocycles. The number of hydrogen-bond acceptors (Lipinski definition) is 5. The molecule has 0 saturated carbocycles. The van der Waals surface area contributed by atoms with E-state index in [-0.39, 0.29) is 23.7 Å². The number of fused-ring (bicyclic) bond motifs is 1. The van der Waals surface area contributed by atoms with E-state index in [1.165, 1.54) is 12.1 Å². The Kier molecular flexibility index (Phi) is 5.97. The van der Waals surface area contributed by atoms with Gasteiger partial charge in [-0.15, -0.1) is 0 Å². The fraction of sp³-hybridized carbons (Fsp3) is 0.500. The third-order valence-corrected chi connectivity index (χ3v) is 6.22. The molecule has 1 aromatic heterocycles. The van der Waals surface area contributed by atoms with E-state index in [9.17, 15) is 14.0 Å². The van der Waals surface area contributed by atoms with Crippen LogP contribution >= 0.6 is 0 Å². The molecule has 30 heavy (non-hydrogen) atoms. The Morgan fingerprint density at radius 3 is 2.53 bits per heavy atom. The van der Waals surface area contributed by atoms with Crippen molar-refractivity contribution in [2.75, 3.05) is 39.4 Å². The largest absolute Gasteiger partial charge is 0.379 e. The van der Waals surface area contributed by atoms with Crippen LogP contribution < -0.4 is 5.73 Å². The molecule has 1 atom stereocenters. The minimum atomic E-state index is -0.567. The molecule has 0 radical (unpaired) electrons. The van der Waals surface area contributed by atoms with Crippen LogP contribution in [-0.4, -0.2) is 72.0 Å². The molecule has 8 heteroatoms. The number of benzene rings is 1. The number of likely N-dealkylation sites (tertiary alicyclic amines) is 1. The highest BCUT2D eigenvalue weighted by atomic mass is 19.1. The monoisotopic (exact) mass is 414 g/mol. The van der Waals surface area contributed by atoms with Crippen LogP contribution in [0.1, 0.15) is 41.7 Å². The molecule has 1 unspecified atom stereocenters. The van der Waals surface area contributed by atoms with Crippen molar-refractivity contribution in [1.29, 1.82) is 0 Å². The van der Waals surface area contributed by atoms with Gasteiger partial charge in [-0.05, 0) is 44.0 Å². The number of nitrogens with zero attached hydrogens (tertiary/aromatic N) is 3. The second-order valence-corrected chi connectivity index (χ2v) is 8.05. The van der Waals surface area contributed by atoms with Crippen LogP contribution in [0.4, 0.5) is 4.39 Å². The summed E-state index contributed by atoms with van der Waals surface area (Å²) in [6.07, 6.45) is 1.42. The van der Waals surface area contributed by atoms with Gasteiger partial charge in [0, 0.05) is 37.5 Å². The Hall–Kier alpha value is -2.58. The van der Waals surface area contributed by atoms with Crippen LogP contribution in [0.5, 0.6) is 0 Å². The van der Waals surface area contributed by atoms with Crippen molar-refractivity contribution in [3.63, 3.8) is 0 Å². The van der Waals surface area contributed by atoms with Crippen LogP contribution in [0.25, 0.3) is 10.9 Å². The highest BCUT2D eigenvalue weighted by molar-refractivity contribution is 5.97. The van der Waals surface area contributed by atoms with Crippen LogP contribution in [0, 0.1) is 5.82 Å². The van der Waals surface area contributed by atoms with Gasteiger partial charge in [0.1, 0.15) is 5.82 Å².